The standard InChI is InChI=1S/C26H33F6N5O3S.ClH/c1-17-15-37(41(39,40)23-16-35(3)34-33-23)18(2)14-36(17)24(8-10-25(28,29)11-9-24)7-6-22(38)20-5-4-19(13-27)12-21(20)26(30,31)32;/h4-5,12,16-18H,6-11,13-15H2,1-3H3;1H. The van der Waals surface area contributed by atoms with Gasteiger partial charge in [-0.1, -0.05) is 17.3 Å². The fourth-order valence-corrected chi connectivity index (χ4v) is 7.67. The van der Waals surface area contributed by atoms with Crippen molar-refractivity contribution < 1.29 is 39.6 Å². The van der Waals surface area contributed by atoms with E-state index in [1.54, 1.807) is 13.8 Å². The first-order valence-corrected chi connectivity index (χ1v) is 14.8. The van der Waals surface area contributed by atoms with Gasteiger partial charge in [-0.15, -0.1) is 17.5 Å². The summed E-state index contributed by atoms with van der Waals surface area (Å²) in [5.74, 6) is -3.73. The lowest BCUT2D eigenvalue weighted by Gasteiger charge is -2.55. The number of hydrogen-bond donors (Lipinski definition) is 0. The van der Waals surface area contributed by atoms with Crippen LogP contribution in [-0.2, 0) is 29.9 Å². The van der Waals surface area contributed by atoms with Crippen LogP contribution < -0.4 is 0 Å². The van der Waals surface area contributed by atoms with E-state index in [9.17, 15) is 39.6 Å². The molecular weight excluding hydrogens is 612 g/mol. The van der Waals surface area contributed by atoms with Gasteiger partial charge in [0, 0.05) is 62.6 Å². The number of aryl methyl sites for hydroxylation is 1. The van der Waals surface area contributed by atoms with Crippen LogP contribution in [0.3, 0.4) is 0 Å². The quantitative estimate of drug-likeness (QED) is 0.282. The summed E-state index contributed by atoms with van der Waals surface area (Å²) in [6.07, 6.45) is -4.86. The van der Waals surface area contributed by atoms with Gasteiger partial charge in [0.15, 0.2) is 5.78 Å². The predicted octanol–water partition coefficient (Wildman–Crippen LogP) is 5.42. The molecule has 8 nitrogen and oxygen atoms in total. The first kappa shape index (κ1) is 34.3. The van der Waals surface area contributed by atoms with Crippen molar-refractivity contribution in [2.24, 2.45) is 7.05 Å². The number of sulfonamides is 1. The fourth-order valence-electron chi connectivity index (χ4n) is 6.05. The normalized spacial score (nSPS) is 23.4. The smallest absolute Gasteiger partial charge is 0.294 e. The van der Waals surface area contributed by atoms with Gasteiger partial charge in [-0.3, -0.25) is 14.4 Å². The van der Waals surface area contributed by atoms with Crippen LogP contribution in [0.1, 0.15) is 73.9 Å². The maximum atomic E-state index is 14.3. The van der Waals surface area contributed by atoms with Crippen LogP contribution >= 0.6 is 12.4 Å². The van der Waals surface area contributed by atoms with Crippen LogP contribution in [0.25, 0.3) is 0 Å². The Hall–Kier alpha value is -2.23. The molecule has 42 heavy (non-hydrogen) atoms. The third-order valence-electron chi connectivity index (χ3n) is 8.27. The minimum Gasteiger partial charge on any atom is -0.294 e. The summed E-state index contributed by atoms with van der Waals surface area (Å²) in [4.78, 5) is 15.1. The van der Waals surface area contributed by atoms with E-state index in [4.69, 9.17) is 0 Å². The van der Waals surface area contributed by atoms with E-state index in [2.05, 4.69) is 10.3 Å². The topological polar surface area (TPSA) is 88.4 Å². The number of aromatic nitrogens is 3. The van der Waals surface area contributed by atoms with Gasteiger partial charge >= 0.3 is 6.18 Å². The Morgan fingerprint density at radius 2 is 1.71 bits per heavy atom. The van der Waals surface area contributed by atoms with E-state index in [0.717, 1.165) is 12.1 Å². The summed E-state index contributed by atoms with van der Waals surface area (Å²) in [6.45, 7) is 2.52. The molecule has 0 radical (unpaired) electrons. The Morgan fingerprint density at radius 1 is 1.07 bits per heavy atom. The highest BCUT2D eigenvalue weighted by Gasteiger charge is 2.51. The number of halogens is 7. The number of carbonyl (C=O) groups excluding carboxylic acids is 1. The summed E-state index contributed by atoms with van der Waals surface area (Å²) < 4.78 is 112. The Labute approximate surface area is 246 Å². The van der Waals surface area contributed by atoms with Crippen LogP contribution in [0, 0.1) is 0 Å². The molecule has 2 unspecified atom stereocenters. The number of piperazine rings is 1. The molecule has 2 atom stereocenters. The molecule has 2 heterocycles. The predicted molar refractivity (Wildman–Crippen MR) is 144 cm³/mol. The molecule has 1 aliphatic carbocycles. The van der Waals surface area contributed by atoms with E-state index in [-0.39, 0.29) is 61.8 Å². The lowest BCUT2D eigenvalue weighted by Crippen LogP contribution is -2.65. The molecule has 1 saturated heterocycles. The zero-order valence-corrected chi connectivity index (χ0v) is 25.0. The maximum absolute atomic E-state index is 14.3. The van der Waals surface area contributed by atoms with Crippen LogP contribution in [-0.4, -0.2) is 75.0 Å². The SMILES string of the molecule is CC1CN(S(=O)(=O)c2cn(C)nn2)C(C)CN1C1(CCC(=O)c2ccc(CF)cc2C(F)(F)F)CCC(F)(F)CC1.Cl. The van der Waals surface area contributed by atoms with Crippen molar-refractivity contribution in [3.05, 3.63) is 41.1 Å². The number of ketones is 1. The average Bonchev–Trinajstić information content (AvgIpc) is 3.35. The highest BCUT2D eigenvalue weighted by Crippen LogP contribution is 2.46. The molecule has 0 spiro atoms. The molecular formula is C26H34ClF6N5O3S. The van der Waals surface area contributed by atoms with Gasteiger partial charge in [0.25, 0.3) is 10.0 Å². The number of alkyl halides is 6. The van der Waals surface area contributed by atoms with Crippen LogP contribution in [0.4, 0.5) is 26.3 Å². The molecule has 1 saturated carbocycles. The molecule has 16 heteroatoms. The second-order valence-electron chi connectivity index (χ2n) is 11.2. The van der Waals surface area contributed by atoms with Crippen molar-refractivity contribution in [1.82, 2.24) is 24.2 Å². The number of rotatable bonds is 8. The molecule has 4 rings (SSSR count). The van der Waals surface area contributed by atoms with Crippen molar-refractivity contribution in [3.8, 4) is 0 Å². The summed E-state index contributed by atoms with van der Waals surface area (Å²) >= 11 is 0. The van der Waals surface area contributed by atoms with Gasteiger partial charge < -0.3 is 0 Å². The second kappa shape index (κ2) is 12.4. The van der Waals surface area contributed by atoms with E-state index < -0.39 is 76.2 Å². The van der Waals surface area contributed by atoms with E-state index >= 15 is 0 Å². The molecule has 1 aliphatic heterocycles. The largest absolute Gasteiger partial charge is 0.417 e. The fraction of sp³-hybridized carbons (Fsp3) is 0.654. The summed E-state index contributed by atoms with van der Waals surface area (Å²) in [5, 5.41) is 7.19. The second-order valence-corrected chi connectivity index (χ2v) is 13.0. The molecule has 1 aromatic carbocycles. The third-order valence-corrected chi connectivity index (χ3v) is 10.1. The van der Waals surface area contributed by atoms with Crippen molar-refractivity contribution in [3.63, 3.8) is 0 Å². The van der Waals surface area contributed by atoms with Crippen LogP contribution in [0.15, 0.2) is 29.4 Å². The highest BCUT2D eigenvalue weighted by atomic mass is 35.5. The maximum Gasteiger partial charge on any atom is 0.417 e. The Kier molecular flexibility index (Phi) is 10.1. The first-order valence-electron chi connectivity index (χ1n) is 13.3. The molecule has 0 N–H and O–H groups in total. The molecule has 1 aromatic heterocycles. The third kappa shape index (κ3) is 6.94. The zero-order valence-electron chi connectivity index (χ0n) is 23.4. The van der Waals surface area contributed by atoms with Crippen molar-refractivity contribution in [2.75, 3.05) is 13.1 Å². The van der Waals surface area contributed by atoms with E-state index in [0.29, 0.717) is 6.07 Å². The lowest BCUT2D eigenvalue weighted by molar-refractivity contribution is -0.138. The Bertz CT molecular complexity index is 1380. The number of Topliss-reactive ketones (excluding diaryl/α,β-unsaturated/α-hetero) is 1. The summed E-state index contributed by atoms with van der Waals surface area (Å²) in [6, 6.07) is 1.67. The van der Waals surface area contributed by atoms with Crippen LogP contribution in [0.2, 0.25) is 0 Å². The Morgan fingerprint density at radius 3 is 2.26 bits per heavy atom. The van der Waals surface area contributed by atoms with E-state index in [1.165, 1.54) is 22.2 Å². The van der Waals surface area contributed by atoms with Crippen molar-refractivity contribution in [1.29, 1.82) is 0 Å². The molecule has 2 aliphatic rings. The van der Waals surface area contributed by atoms with Crippen molar-refractivity contribution >= 4 is 28.2 Å². The van der Waals surface area contributed by atoms with Gasteiger partial charge in [0.2, 0.25) is 10.9 Å². The zero-order chi connectivity index (χ0) is 30.4. The minimum atomic E-state index is -4.88. The number of hydrogen-bond acceptors (Lipinski definition) is 6. The number of carbonyl (C=O) groups is 1. The van der Waals surface area contributed by atoms with E-state index in [1.807, 2.05) is 4.90 Å². The first-order chi connectivity index (χ1) is 19.0. The van der Waals surface area contributed by atoms with Gasteiger partial charge in [-0.05, 0) is 44.7 Å². The average molecular weight is 646 g/mol. The lowest BCUT2D eigenvalue weighted by atomic mass is 9.73. The van der Waals surface area contributed by atoms with Gasteiger partial charge in [0.1, 0.15) is 6.67 Å². The minimum absolute atomic E-state index is 0. The highest BCUT2D eigenvalue weighted by molar-refractivity contribution is 7.89. The monoisotopic (exact) mass is 645 g/mol. The summed E-state index contributed by atoms with van der Waals surface area (Å²) in [7, 11) is -2.46. The molecule has 0 bridgehead atoms. The number of nitrogens with zero attached hydrogens (tertiary/aromatic N) is 5. The van der Waals surface area contributed by atoms with Gasteiger partial charge in [-0.2, -0.15) is 17.5 Å². The van der Waals surface area contributed by atoms with Gasteiger partial charge in [0.05, 0.1) is 11.8 Å². The van der Waals surface area contributed by atoms with Crippen molar-refractivity contribution in [2.45, 2.75) is 93.8 Å². The molecule has 2 aromatic rings. The number of benzene rings is 1. The molecule has 0 amide bonds. The van der Waals surface area contributed by atoms with Crippen LogP contribution in [0.5, 0.6) is 0 Å². The molecule has 236 valence electrons. The Balaban J connectivity index is 0.00000484. The summed E-state index contributed by atoms with van der Waals surface area (Å²) in [5.41, 5.74) is -2.99. The molecule has 2 fully saturated rings. The van der Waals surface area contributed by atoms with Gasteiger partial charge in [-0.25, -0.2) is 21.6 Å².